The number of rotatable bonds is 4. The van der Waals surface area contributed by atoms with Crippen LogP contribution in [-0.4, -0.2) is 35.5 Å². The van der Waals surface area contributed by atoms with Gasteiger partial charge >= 0.3 is 0 Å². The summed E-state index contributed by atoms with van der Waals surface area (Å²) in [5.74, 6) is 0.894. The first-order chi connectivity index (χ1) is 10.8. The van der Waals surface area contributed by atoms with Gasteiger partial charge in [-0.25, -0.2) is 0 Å². The molecule has 3 N–H and O–H groups in total. The number of aromatic amines is 1. The van der Waals surface area contributed by atoms with E-state index in [0.29, 0.717) is 6.04 Å². The first-order valence-corrected chi connectivity index (χ1v) is 9.14. The van der Waals surface area contributed by atoms with Gasteiger partial charge in [-0.15, -0.1) is 24.0 Å². The molecule has 1 aliphatic rings. The zero-order chi connectivity index (χ0) is 15.4. The van der Waals surface area contributed by atoms with Crippen LogP contribution in [0.3, 0.4) is 0 Å². The van der Waals surface area contributed by atoms with Crippen molar-refractivity contribution in [3.8, 4) is 0 Å². The highest BCUT2D eigenvalue weighted by molar-refractivity contribution is 14.0. The number of aliphatic imine (C=N–C) groups is 1. The lowest BCUT2D eigenvalue weighted by atomic mass is 10.2. The zero-order valence-corrected chi connectivity index (χ0v) is 16.8. The molecule has 1 fully saturated rings. The molecule has 2 aromatic rings. The van der Waals surface area contributed by atoms with Crippen molar-refractivity contribution in [2.24, 2.45) is 4.99 Å². The molecular weight excluding hydrogens is 419 g/mol. The van der Waals surface area contributed by atoms with Gasteiger partial charge in [0.1, 0.15) is 0 Å². The molecule has 4 nitrogen and oxygen atoms in total. The average molecular weight is 444 g/mol. The summed E-state index contributed by atoms with van der Waals surface area (Å²) in [5.41, 5.74) is 2.36. The lowest BCUT2D eigenvalue weighted by molar-refractivity contribution is 0.614. The highest BCUT2D eigenvalue weighted by atomic mass is 127. The van der Waals surface area contributed by atoms with Gasteiger partial charge in [-0.05, 0) is 43.0 Å². The number of halogens is 1. The van der Waals surface area contributed by atoms with E-state index < -0.39 is 0 Å². The van der Waals surface area contributed by atoms with Crippen molar-refractivity contribution >= 4 is 52.6 Å². The van der Waals surface area contributed by atoms with Gasteiger partial charge in [0.25, 0.3) is 0 Å². The van der Waals surface area contributed by atoms with Crippen LogP contribution >= 0.6 is 35.7 Å². The number of guanidine groups is 1. The summed E-state index contributed by atoms with van der Waals surface area (Å²) in [6.07, 6.45) is 5.97. The Morgan fingerprint density at radius 2 is 2.17 bits per heavy atom. The molecule has 0 radical (unpaired) electrons. The Bertz CT molecular complexity index is 622. The molecule has 1 heterocycles. The van der Waals surface area contributed by atoms with Gasteiger partial charge in [0.2, 0.25) is 0 Å². The highest BCUT2D eigenvalue weighted by Gasteiger charge is 2.24. The fourth-order valence-electron chi connectivity index (χ4n) is 3.08. The van der Waals surface area contributed by atoms with E-state index in [0.717, 1.165) is 17.8 Å². The highest BCUT2D eigenvalue weighted by Crippen LogP contribution is 2.28. The molecule has 3 rings (SSSR count). The van der Waals surface area contributed by atoms with E-state index in [1.807, 2.05) is 18.8 Å². The molecule has 0 spiro atoms. The Balaban J connectivity index is 0.00000192. The zero-order valence-electron chi connectivity index (χ0n) is 13.6. The van der Waals surface area contributed by atoms with E-state index >= 15 is 0 Å². The van der Waals surface area contributed by atoms with E-state index in [1.54, 1.807) is 0 Å². The van der Waals surface area contributed by atoms with Crippen LogP contribution in [0.1, 0.15) is 25.0 Å². The molecule has 1 aromatic heterocycles. The molecule has 1 aliphatic carbocycles. The SMILES string of the molecule is CN=C(NCc1cc2ccccc2[nH]1)NC1CCC(SC)C1.I. The maximum atomic E-state index is 4.35. The van der Waals surface area contributed by atoms with Crippen LogP contribution in [0.15, 0.2) is 35.3 Å². The van der Waals surface area contributed by atoms with Crippen LogP contribution in [0.5, 0.6) is 0 Å². The second-order valence-electron chi connectivity index (χ2n) is 5.82. The van der Waals surface area contributed by atoms with Crippen molar-refractivity contribution in [1.82, 2.24) is 15.6 Å². The maximum absolute atomic E-state index is 4.35. The third-order valence-corrected chi connectivity index (χ3v) is 5.41. The predicted octanol–water partition coefficient (Wildman–Crippen LogP) is 3.74. The Kier molecular flexibility index (Phi) is 7.08. The minimum atomic E-state index is 0. The van der Waals surface area contributed by atoms with Crippen LogP contribution in [0.2, 0.25) is 0 Å². The number of para-hydroxylation sites is 1. The number of fused-ring (bicyclic) bond motifs is 1. The monoisotopic (exact) mass is 444 g/mol. The van der Waals surface area contributed by atoms with Crippen LogP contribution in [0, 0.1) is 0 Å². The lowest BCUT2D eigenvalue weighted by Crippen LogP contribution is -2.42. The molecule has 2 atom stereocenters. The van der Waals surface area contributed by atoms with Gasteiger partial charge in [-0.3, -0.25) is 4.99 Å². The fraction of sp³-hybridized carbons (Fsp3) is 0.471. The quantitative estimate of drug-likeness (QED) is 0.383. The number of hydrogen-bond donors (Lipinski definition) is 3. The smallest absolute Gasteiger partial charge is 0.191 e. The standard InChI is InChI=1S/C17H24N4S.HI/c1-18-17(21-13-7-8-15(10-13)22-2)19-11-14-9-12-5-3-4-6-16(12)20-14;/h3-6,9,13,15,20H,7-8,10-11H2,1-2H3,(H2,18,19,21);1H. The van der Waals surface area contributed by atoms with Crippen LogP contribution < -0.4 is 10.6 Å². The van der Waals surface area contributed by atoms with E-state index in [4.69, 9.17) is 0 Å². The molecule has 6 heteroatoms. The largest absolute Gasteiger partial charge is 0.357 e. The van der Waals surface area contributed by atoms with E-state index in [-0.39, 0.29) is 24.0 Å². The average Bonchev–Trinajstić information content (AvgIpc) is 3.17. The van der Waals surface area contributed by atoms with Crippen molar-refractivity contribution in [3.05, 3.63) is 36.0 Å². The molecule has 2 unspecified atom stereocenters. The van der Waals surface area contributed by atoms with Gasteiger partial charge in [-0.2, -0.15) is 11.8 Å². The molecule has 23 heavy (non-hydrogen) atoms. The fourth-order valence-corrected chi connectivity index (χ4v) is 3.88. The maximum Gasteiger partial charge on any atom is 0.191 e. The Hall–Kier alpha value is -0.890. The first-order valence-electron chi connectivity index (χ1n) is 7.85. The molecule has 1 saturated carbocycles. The Morgan fingerprint density at radius 3 is 2.87 bits per heavy atom. The van der Waals surface area contributed by atoms with Crippen LogP contribution in [0.25, 0.3) is 10.9 Å². The number of hydrogen-bond acceptors (Lipinski definition) is 2. The summed E-state index contributed by atoms with van der Waals surface area (Å²) in [7, 11) is 1.83. The number of H-pyrrole nitrogens is 1. The molecule has 0 bridgehead atoms. The summed E-state index contributed by atoms with van der Waals surface area (Å²) >= 11 is 1.98. The minimum absolute atomic E-state index is 0. The summed E-state index contributed by atoms with van der Waals surface area (Å²) in [6, 6.07) is 11.1. The number of nitrogens with zero attached hydrogens (tertiary/aromatic N) is 1. The normalized spacial score (nSPS) is 21.2. The second-order valence-corrected chi connectivity index (χ2v) is 6.96. The van der Waals surface area contributed by atoms with Crippen LogP contribution in [-0.2, 0) is 6.54 Å². The molecule has 0 amide bonds. The minimum Gasteiger partial charge on any atom is -0.357 e. The lowest BCUT2D eigenvalue weighted by Gasteiger charge is -2.17. The van der Waals surface area contributed by atoms with Gasteiger partial charge in [-0.1, -0.05) is 18.2 Å². The second kappa shape index (κ2) is 8.82. The van der Waals surface area contributed by atoms with Crippen LogP contribution in [0.4, 0.5) is 0 Å². The molecule has 0 aliphatic heterocycles. The predicted molar refractivity (Wildman–Crippen MR) is 112 cm³/mol. The van der Waals surface area contributed by atoms with Gasteiger partial charge in [0, 0.05) is 29.6 Å². The third-order valence-electron chi connectivity index (χ3n) is 4.31. The van der Waals surface area contributed by atoms with Gasteiger partial charge in [0.05, 0.1) is 6.54 Å². The van der Waals surface area contributed by atoms with Gasteiger partial charge < -0.3 is 15.6 Å². The summed E-state index contributed by atoms with van der Waals surface area (Å²) in [5, 5.41) is 9.00. The van der Waals surface area contributed by atoms with Crippen molar-refractivity contribution in [2.45, 2.75) is 37.1 Å². The Labute approximate surface area is 159 Å². The number of aromatic nitrogens is 1. The van der Waals surface area contributed by atoms with E-state index in [2.05, 4.69) is 57.2 Å². The van der Waals surface area contributed by atoms with E-state index in [9.17, 15) is 0 Å². The molecule has 0 saturated heterocycles. The third kappa shape index (κ3) is 4.79. The molecule has 1 aromatic carbocycles. The van der Waals surface area contributed by atoms with E-state index in [1.165, 1.54) is 35.9 Å². The topological polar surface area (TPSA) is 52.2 Å². The van der Waals surface area contributed by atoms with Crippen molar-refractivity contribution in [2.75, 3.05) is 13.3 Å². The van der Waals surface area contributed by atoms with Crippen molar-refractivity contribution in [1.29, 1.82) is 0 Å². The number of nitrogens with one attached hydrogen (secondary N) is 3. The molecule has 126 valence electrons. The summed E-state index contributed by atoms with van der Waals surface area (Å²) in [4.78, 5) is 7.78. The first kappa shape index (κ1) is 18.4. The number of thioether (sulfide) groups is 1. The molecular formula is C17H25IN4S. The van der Waals surface area contributed by atoms with Crippen molar-refractivity contribution < 1.29 is 0 Å². The Morgan fingerprint density at radius 1 is 1.35 bits per heavy atom. The summed E-state index contributed by atoms with van der Waals surface area (Å²) in [6.45, 7) is 0.757. The van der Waals surface area contributed by atoms with Crippen molar-refractivity contribution in [3.63, 3.8) is 0 Å². The summed E-state index contributed by atoms with van der Waals surface area (Å²) < 4.78 is 0. The number of benzene rings is 1. The van der Waals surface area contributed by atoms with Gasteiger partial charge in [0.15, 0.2) is 5.96 Å².